The number of ether oxygens (including phenoxy) is 1. The fourth-order valence-electron chi connectivity index (χ4n) is 1.29. The Balaban J connectivity index is 2.68. The summed E-state index contributed by atoms with van der Waals surface area (Å²) in [6.45, 7) is 1.87. The predicted molar refractivity (Wildman–Crippen MR) is 61.9 cm³/mol. The highest BCUT2D eigenvalue weighted by Gasteiger charge is 2.09. The van der Waals surface area contributed by atoms with Crippen LogP contribution in [0, 0.1) is 5.82 Å². The minimum absolute atomic E-state index is 0.132. The molecule has 0 bridgehead atoms. The van der Waals surface area contributed by atoms with Gasteiger partial charge in [0.25, 0.3) is 0 Å². The van der Waals surface area contributed by atoms with Crippen LogP contribution in [0.4, 0.5) is 4.39 Å². The quantitative estimate of drug-likeness (QED) is 0.435. The van der Waals surface area contributed by atoms with Gasteiger partial charge in [0.1, 0.15) is 11.6 Å². The van der Waals surface area contributed by atoms with E-state index in [4.69, 9.17) is 16.3 Å². The number of unbranched alkanes of at least 4 members (excludes halogenated alkanes) is 1. The van der Waals surface area contributed by atoms with Crippen molar-refractivity contribution in [2.45, 2.75) is 19.8 Å². The van der Waals surface area contributed by atoms with Crippen LogP contribution in [0.25, 0.3) is 0 Å². The second-order valence-corrected chi connectivity index (χ2v) is 3.82. The largest absolute Gasteiger partial charge is 0.493 e. The number of rotatable bonds is 6. The zero-order valence-electron chi connectivity index (χ0n) is 9.13. The van der Waals surface area contributed by atoms with E-state index < -0.39 is 5.82 Å². The molecule has 0 N–H and O–H groups in total. The van der Waals surface area contributed by atoms with Crippen molar-refractivity contribution in [3.8, 4) is 5.75 Å². The zero-order chi connectivity index (χ0) is 12.0. The van der Waals surface area contributed by atoms with Crippen molar-refractivity contribution in [3.05, 3.63) is 29.6 Å². The molecule has 1 aromatic rings. The molecule has 1 aromatic carbocycles. The van der Waals surface area contributed by atoms with Crippen LogP contribution in [0.3, 0.4) is 0 Å². The monoisotopic (exact) mass is 244 g/mol. The molecule has 2 nitrogen and oxygen atoms in total. The van der Waals surface area contributed by atoms with Crippen LogP contribution in [0.2, 0.25) is 0 Å². The second-order valence-electron chi connectivity index (χ2n) is 3.44. The van der Waals surface area contributed by atoms with E-state index >= 15 is 0 Å². The Morgan fingerprint density at radius 3 is 2.81 bits per heavy atom. The first-order chi connectivity index (χ1) is 7.65. The lowest BCUT2D eigenvalue weighted by molar-refractivity contribution is 0.101. The molecule has 0 aromatic heterocycles. The first-order valence-electron chi connectivity index (χ1n) is 5.14. The minimum Gasteiger partial charge on any atom is -0.493 e. The Labute approximate surface area is 99.4 Å². The molecule has 88 valence electrons. The van der Waals surface area contributed by atoms with E-state index in [1.165, 1.54) is 25.1 Å². The Bertz CT molecular complexity index is 366. The molecule has 0 fully saturated rings. The Hall–Kier alpha value is -1.09. The van der Waals surface area contributed by atoms with Crippen LogP contribution in [0.15, 0.2) is 18.2 Å². The number of carbonyl (C=O) groups is 1. The van der Waals surface area contributed by atoms with E-state index in [0.29, 0.717) is 23.8 Å². The molecule has 0 spiro atoms. The summed E-state index contributed by atoms with van der Waals surface area (Å²) >= 11 is 5.52. The maximum Gasteiger partial charge on any atom is 0.163 e. The van der Waals surface area contributed by atoms with Gasteiger partial charge in [0.05, 0.1) is 12.2 Å². The van der Waals surface area contributed by atoms with Crippen molar-refractivity contribution >= 4 is 17.4 Å². The van der Waals surface area contributed by atoms with Crippen LogP contribution in [-0.4, -0.2) is 18.3 Å². The Morgan fingerprint density at radius 2 is 2.19 bits per heavy atom. The van der Waals surface area contributed by atoms with Crippen molar-refractivity contribution < 1.29 is 13.9 Å². The van der Waals surface area contributed by atoms with Crippen LogP contribution in [0.1, 0.15) is 30.1 Å². The summed E-state index contributed by atoms with van der Waals surface area (Å²) in [5.41, 5.74) is 0.410. The number of ketones is 1. The highest BCUT2D eigenvalue weighted by Crippen LogP contribution is 2.20. The summed E-state index contributed by atoms with van der Waals surface area (Å²) < 4.78 is 18.3. The molecule has 16 heavy (non-hydrogen) atoms. The molecule has 0 amide bonds. The van der Waals surface area contributed by atoms with Gasteiger partial charge in [-0.2, -0.15) is 0 Å². The van der Waals surface area contributed by atoms with E-state index in [1.54, 1.807) is 0 Å². The van der Waals surface area contributed by atoms with E-state index in [1.807, 2.05) is 0 Å². The van der Waals surface area contributed by atoms with Crippen molar-refractivity contribution in [2.75, 3.05) is 12.5 Å². The number of halogens is 2. The number of hydrogen-bond acceptors (Lipinski definition) is 2. The van der Waals surface area contributed by atoms with Gasteiger partial charge in [-0.15, -0.1) is 11.6 Å². The highest BCUT2D eigenvalue weighted by atomic mass is 35.5. The molecule has 4 heteroatoms. The van der Waals surface area contributed by atoms with Gasteiger partial charge in [-0.3, -0.25) is 4.79 Å². The molecule has 0 saturated carbocycles. The van der Waals surface area contributed by atoms with Gasteiger partial charge in [0.15, 0.2) is 5.78 Å². The molecule has 0 unspecified atom stereocenters. The molecule has 0 saturated heterocycles. The van der Waals surface area contributed by atoms with Gasteiger partial charge in [0, 0.05) is 11.9 Å². The summed E-state index contributed by atoms with van der Waals surface area (Å²) in [6, 6.07) is 3.92. The van der Waals surface area contributed by atoms with Gasteiger partial charge in [-0.1, -0.05) is 0 Å². The highest BCUT2D eigenvalue weighted by molar-refractivity contribution is 6.17. The smallest absolute Gasteiger partial charge is 0.163 e. The first kappa shape index (κ1) is 13.0. The van der Waals surface area contributed by atoms with Crippen LogP contribution in [0.5, 0.6) is 5.75 Å². The number of benzene rings is 1. The average molecular weight is 245 g/mol. The third kappa shape index (κ3) is 3.81. The molecule has 0 radical (unpaired) electrons. The van der Waals surface area contributed by atoms with E-state index in [2.05, 4.69) is 0 Å². The maximum absolute atomic E-state index is 13.0. The number of alkyl halides is 1. The topological polar surface area (TPSA) is 26.3 Å². The molecule has 0 aliphatic heterocycles. The van der Waals surface area contributed by atoms with Gasteiger partial charge in [-0.25, -0.2) is 4.39 Å². The lowest BCUT2D eigenvalue weighted by atomic mass is 10.1. The fraction of sp³-hybridized carbons (Fsp3) is 0.417. The summed E-state index contributed by atoms with van der Waals surface area (Å²) in [7, 11) is 0. The predicted octanol–water partition coefficient (Wildman–Crippen LogP) is 3.43. The lowest BCUT2D eigenvalue weighted by Crippen LogP contribution is -2.03. The van der Waals surface area contributed by atoms with Crippen molar-refractivity contribution in [1.29, 1.82) is 0 Å². The van der Waals surface area contributed by atoms with Crippen LogP contribution >= 0.6 is 11.6 Å². The van der Waals surface area contributed by atoms with Gasteiger partial charge in [-0.05, 0) is 31.9 Å². The second kappa shape index (κ2) is 6.48. The Morgan fingerprint density at radius 1 is 1.44 bits per heavy atom. The molecule has 0 aliphatic rings. The van der Waals surface area contributed by atoms with Crippen LogP contribution < -0.4 is 4.74 Å². The summed E-state index contributed by atoms with van der Waals surface area (Å²) in [4.78, 5) is 11.2. The van der Waals surface area contributed by atoms with Gasteiger partial charge in [0.2, 0.25) is 0 Å². The third-order valence-electron chi connectivity index (χ3n) is 2.11. The minimum atomic E-state index is -0.405. The summed E-state index contributed by atoms with van der Waals surface area (Å²) in [5, 5.41) is 0. The first-order valence-corrected chi connectivity index (χ1v) is 5.68. The van der Waals surface area contributed by atoms with E-state index in [0.717, 1.165) is 12.8 Å². The molecule has 1 rings (SSSR count). The maximum atomic E-state index is 13.0. The van der Waals surface area contributed by atoms with Gasteiger partial charge >= 0.3 is 0 Å². The van der Waals surface area contributed by atoms with Gasteiger partial charge < -0.3 is 4.74 Å². The summed E-state index contributed by atoms with van der Waals surface area (Å²) in [6.07, 6.45) is 1.63. The van der Waals surface area contributed by atoms with E-state index in [9.17, 15) is 9.18 Å². The molecule has 0 heterocycles. The SMILES string of the molecule is CC(=O)c1ccc(F)cc1OCCCCCl. The number of carbonyl (C=O) groups excluding carboxylic acids is 1. The van der Waals surface area contributed by atoms with Crippen molar-refractivity contribution in [1.82, 2.24) is 0 Å². The van der Waals surface area contributed by atoms with Crippen LogP contribution in [-0.2, 0) is 0 Å². The molecular weight excluding hydrogens is 231 g/mol. The fourth-order valence-corrected chi connectivity index (χ4v) is 1.47. The van der Waals surface area contributed by atoms with Crippen molar-refractivity contribution in [3.63, 3.8) is 0 Å². The standard InChI is InChI=1S/C12H14ClFO2/c1-9(15)11-5-4-10(14)8-12(11)16-7-3-2-6-13/h4-5,8H,2-3,6-7H2,1H3. The number of Topliss-reactive ketones (excluding diaryl/α,β-unsaturated/α-hetero) is 1. The molecule has 0 aliphatic carbocycles. The van der Waals surface area contributed by atoms with Crippen molar-refractivity contribution in [2.24, 2.45) is 0 Å². The third-order valence-corrected chi connectivity index (χ3v) is 2.38. The van der Waals surface area contributed by atoms with E-state index in [-0.39, 0.29) is 5.78 Å². The summed E-state index contributed by atoms with van der Waals surface area (Å²) in [5.74, 6) is 0.346. The Kier molecular flexibility index (Phi) is 5.26. The molecular formula is C12H14ClFO2. The lowest BCUT2D eigenvalue weighted by Gasteiger charge is -2.09. The number of hydrogen-bond donors (Lipinski definition) is 0. The zero-order valence-corrected chi connectivity index (χ0v) is 9.89. The average Bonchev–Trinajstić information content (AvgIpc) is 2.24. The normalized spacial score (nSPS) is 10.2. The molecule has 0 atom stereocenters.